The van der Waals surface area contributed by atoms with Crippen molar-refractivity contribution in [3.05, 3.63) is 52.5 Å². The van der Waals surface area contributed by atoms with E-state index in [1.54, 1.807) is 0 Å². The van der Waals surface area contributed by atoms with Crippen molar-refractivity contribution >= 4 is 21.6 Å². The molecule has 21 heavy (non-hydrogen) atoms. The van der Waals surface area contributed by atoms with Gasteiger partial charge in [-0.25, -0.2) is 8.78 Å². The molecule has 0 atom stereocenters. The summed E-state index contributed by atoms with van der Waals surface area (Å²) in [6, 6.07) is 8.00. The fourth-order valence-corrected chi connectivity index (χ4v) is 2.41. The Morgan fingerprint density at radius 3 is 2.52 bits per heavy atom. The summed E-state index contributed by atoms with van der Waals surface area (Å²) in [5.41, 5.74) is 7.05. The Hall–Kier alpha value is -2.35. The van der Waals surface area contributed by atoms with Crippen LogP contribution in [-0.2, 0) is 0 Å². The SMILES string of the molecule is Nc1ccc(F)cc1-c1nnnn1-c1ccc(F)cc1Br. The molecule has 3 aromatic rings. The smallest absolute Gasteiger partial charge is 0.189 e. The molecular formula is C13H8BrF2N5. The van der Waals surface area contributed by atoms with Crippen LogP contribution < -0.4 is 5.73 Å². The third-order valence-electron chi connectivity index (χ3n) is 2.86. The van der Waals surface area contributed by atoms with Gasteiger partial charge in [0.05, 0.1) is 5.69 Å². The summed E-state index contributed by atoms with van der Waals surface area (Å²) in [5.74, 6) is -0.586. The Morgan fingerprint density at radius 2 is 1.76 bits per heavy atom. The molecule has 0 fully saturated rings. The van der Waals surface area contributed by atoms with Gasteiger partial charge in [-0.1, -0.05) is 0 Å². The van der Waals surface area contributed by atoms with Gasteiger partial charge >= 0.3 is 0 Å². The lowest BCUT2D eigenvalue weighted by molar-refractivity contribution is 0.625. The fraction of sp³-hybridized carbons (Fsp3) is 0. The fourth-order valence-electron chi connectivity index (χ4n) is 1.89. The minimum absolute atomic E-state index is 0.263. The maximum Gasteiger partial charge on any atom is 0.189 e. The summed E-state index contributed by atoms with van der Waals surface area (Å²) in [4.78, 5) is 0. The van der Waals surface area contributed by atoms with Crippen molar-refractivity contribution in [1.29, 1.82) is 0 Å². The number of rotatable bonds is 2. The van der Waals surface area contributed by atoms with Gasteiger partial charge in [0.25, 0.3) is 0 Å². The van der Waals surface area contributed by atoms with E-state index in [0.29, 0.717) is 21.4 Å². The number of nitrogen functional groups attached to an aromatic ring is 1. The van der Waals surface area contributed by atoms with Crippen molar-refractivity contribution in [2.24, 2.45) is 0 Å². The lowest BCUT2D eigenvalue weighted by atomic mass is 10.1. The van der Waals surface area contributed by atoms with E-state index < -0.39 is 11.6 Å². The van der Waals surface area contributed by atoms with E-state index in [9.17, 15) is 8.78 Å². The highest BCUT2D eigenvalue weighted by molar-refractivity contribution is 9.10. The van der Waals surface area contributed by atoms with Gasteiger partial charge < -0.3 is 5.73 Å². The number of aromatic nitrogens is 4. The third-order valence-corrected chi connectivity index (χ3v) is 3.50. The van der Waals surface area contributed by atoms with Crippen molar-refractivity contribution in [3.8, 4) is 17.1 Å². The highest BCUT2D eigenvalue weighted by Crippen LogP contribution is 2.29. The minimum Gasteiger partial charge on any atom is -0.398 e. The van der Waals surface area contributed by atoms with E-state index in [2.05, 4.69) is 31.5 Å². The Kier molecular flexibility index (Phi) is 3.38. The lowest BCUT2D eigenvalue weighted by Crippen LogP contribution is -2.03. The molecule has 0 aliphatic heterocycles. The first-order valence-electron chi connectivity index (χ1n) is 5.85. The first kappa shape index (κ1) is 13.6. The van der Waals surface area contributed by atoms with Gasteiger partial charge in [-0.2, -0.15) is 4.68 Å². The lowest BCUT2D eigenvalue weighted by Gasteiger charge is -2.08. The van der Waals surface area contributed by atoms with Gasteiger partial charge in [-0.15, -0.1) is 5.10 Å². The Balaban J connectivity index is 2.19. The van der Waals surface area contributed by atoms with Crippen molar-refractivity contribution in [2.45, 2.75) is 0 Å². The number of nitrogens with zero attached hydrogens (tertiary/aromatic N) is 4. The maximum atomic E-state index is 13.4. The second-order valence-corrected chi connectivity index (χ2v) is 5.10. The molecule has 0 bridgehead atoms. The molecule has 3 rings (SSSR count). The molecule has 5 nitrogen and oxygen atoms in total. The van der Waals surface area contributed by atoms with Gasteiger partial charge in [-0.3, -0.25) is 0 Å². The number of tetrazole rings is 1. The van der Waals surface area contributed by atoms with E-state index >= 15 is 0 Å². The second kappa shape index (κ2) is 5.21. The van der Waals surface area contributed by atoms with Crippen LogP contribution in [0.4, 0.5) is 14.5 Å². The molecule has 0 aliphatic carbocycles. The molecule has 0 amide bonds. The van der Waals surface area contributed by atoms with Gasteiger partial charge in [0.2, 0.25) is 0 Å². The number of benzene rings is 2. The van der Waals surface area contributed by atoms with Crippen LogP contribution in [0.2, 0.25) is 0 Å². The normalized spacial score (nSPS) is 10.8. The van der Waals surface area contributed by atoms with Crippen molar-refractivity contribution in [1.82, 2.24) is 20.2 Å². The first-order valence-corrected chi connectivity index (χ1v) is 6.65. The third kappa shape index (κ3) is 2.49. The summed E-state index contributed by atoms with van der Waals surface area (Å²) in [6.45, 7) is 0. The van der Waals surface area contributed by atoms with Crippen molar-refractivity contribution < 1.29 is 8.78 Å². The molecule has 106 valence electrons. The average molecular weight is 352 g/mol. The summed E-state index contributed by atoms with van der Waals surface area (Å²) in [7, 11) is 0. The molecule has 0 saturated heterocycles. The van der Waals surface area contributed by atoms with Crippen LogP contribution in [0.15, 0.2) is 40.9 Å². The van der Waals surface area contributed by atoms with Gasteiger partial charge in [0.1, 0.15) is 11.6 Å². The van der Waals surface area contributed by atoms with Crippen LogP contribution >= 0.6 is 15.9 Å². The van der Waals surface area contributed by atoms with Gasteiger partial charge in [0, 0.05) is 15.7 Å². The molecule has 1 aromatic heterocycles. The Morgan fingerprint density at radius 1 is 1.05 bits per heavy atom. The zero-order valence-electron chi connectivity index (χ0n) is 10.5. The van der Waals surface area contributed by atoms with E-state index in [4.69, 9.17) is 5.73 Å². The van der Waals surface area contributed by atoms with Crippen LogP contribution in [0.25, 0.3) is 17.1 Å². The largest absolute Gasteiger partial charge is 0.398 e. The highest BCUT2D eigenvalue weighted by atomic mass is 79.9. The number of hydrogen-bond donors (Lipinski definition) is 1. The molecule has 0 unspecified atom stereocenters. The van der Waals surface area contributed by atoms with Crippen LogP contribution in [0.3, 0.4) is 0 Å². The van der Waals surface area contributed by atoms with Crippen LogP contribution in [0.1, 0.15) is 0 Å². The predicted molar refractivity (Wildman–Crippen MR) is 76.6 cm³/mol. The Bertz CT molecular complexity index is 818. The number of halogens is 3. The average Bonchev–Trinajstić information content (AvgIpc) is 2.90. The van der Waals surface area contributed by atoms with Crippen LogP contribution in [-0.4, -0.2) is 20.2 Å². The summed E-state index contributed by atoms with van der Waals surface area (Å²) in [5, 5.41) is 11.3. The summed E-state index contributed by atoms with van der Waals surface area (Å²) >= 11 is 3.25. The molecule has 2 N–H and O–H groups in total. The quantitative estimate of drug-likeness (QED) is 0.720. The van der Waals surface area contributed by atoms with E-state index in [-0.39, 0.29) is 5.82 Å². The van der Waals surface area contributed by atoms with E-state index in [1.807, 2.05) is 0 Å². The number of anilines is 1. The minimum atomic E-state index is -0.452. The second-order valence-electron chi connectivity index (χ2n) is 4.24. The van der Waals surface area contributed by atoms with Crippen LogP contribution in [0.5, 0.6) is 0 Å². The monoisotopic (exact) mass is 351 g/mol. The van der Waals surface area contributed by atoms with Crippen LogP contribution in [0, 0.1) is 11.6 Å². The molecule has 0 spiro atoms. The maximum absolute atomic E-state index is 13.4. The zero-order chi connectivity index (χ0) is 15.0. The van der Waals surface area contributed by atoms with Crippen molar-refractivity contribution in [3.63, 3.8) is 0 Å². The van der Waals surface area contributed by atoms with Crippen molar-refractivity contribution in [2.75, 3.05) is 5.73 Å². The van der Waals surface area contributed by atoms with E-state index in [0.717, 1.165) is 0 Å². The Labute approximate surface area is 126 Å². The number of hydrogen-bond acceptors (Lipinski definition) is 4. The summed E-state index contributed by atoms with van der Waals surface area (Å²) in [6.07, 6.45) is 0. The zero-order valence-corrected chi connectivity index (χ0v) is 12.1. The molecule has 8 heteroatoms. The highest BCUT2D eigenvalue weighted by Gasteiger charge is 2.16. The molecule has 1 heterocycles. The molecule has 2 aromatic carbocycles. The molecule has 0 radical (unpaired) electrons. The van der Waals surface area contributed by atoms with E-state index in [1.165, 1.54) is 41.1 Å². The predicted octanol–water partition coefficient (Wildman–Crippen LogP) is 2.95. The standard InChI is InChI=1S/C13H8BrF2N5/c14-10-6-8(16)2-4-12(10)21-13(18-19-20-21)9-5-7(15)1-3-11(9)17/h1-6H,17H2. The molecule has 0 saturated carbocycles. The molecule has 0 aliphatic rings. The van der Waals surface area contributed by atoms with Gasteiger partial charge in [-0.05, 0) is 62.8 Å². The first-order chi connectivity index (χ1) is 10.1. The summed E-state index contributed by atoms with van der Waals surface area (Å²) < 4.78 is 28.4. The topological polar surface area (TPSA) is 69.6 Å². The number of nitrogens with two attached hydrogens (primary N) is 1. The van der Waals surface area contributed by atoms with Gasteiger partial charge in [0.15, 0.2) is 5.82 Å². The molecular weight excluding hydrogens is 344 g/mol.